The lowest BCUT2D eigenvalue weighted by Gasteiger charge is -1.97. The first-order valence-electron chi connectivity index (χ1n) is 3.88. The van der Waals surface area contributed by atoms with Gasteiger partial charge in [-0.15, -0.1) is 0 Å². The molecule has 0 bridgehead atoms. The smallest absolute Gasteiger partial charge is 0.0818 e. The number of aryl methyl sites for hydroxylation is 1. The van der Waals surface area contributed by atoms with Crippen molar-refractivity contribution in [1.82, 2.24) is 20.0 Å². The van der Waals surface area contributed by atoms with Crippen molar-refractivity contribution in [3.63, 3.8) is 0 Å². The van der Waals surface area contributed by atoms with E-state index in [9.17, 15) is 0 Å². The van der Waals surface area contributed by atoms with Crippen molar-refractivity contribution in [2.45, 2.75) is 6.92 Å². The molecular formula is C8H9IN4. The van der Waals surface area contributed by atoms with Crippen LogP contribution in [-0.4, -0.2) is 20.0 Å². The van der Waals surface area contributed by atoms with Gasteiger partial charge in [-0.3, -0.25) is 9.78 Å². The predicted molar refractivity (Wildman–Crippen MR) is 58.2 cm³/mol. The third-order valence-corrected chi connectivity index (χ3v) is 2.92. The van der Waals surface area contributed by atoms with Gasteiger partial charge in [0.2, 0.25) is 0 Å². The molecule has 0 atom stereocenters. The molecule has 0 aromatic carbocycles. The van der Waals surface area contributed by atoms with Gasteiger partial charge in [-0.2, -0.15) is 10.2 Å². The second-order valence-electron chi connectivity index (χ2n) is 2.86. The summed E-state index contributed by atoms with van der Waals surface area (Å²) in [7, 11) is 1.93. The van der Waals surface area contributed by atoms with Gasteiger partial charge in [0.25, 0.3) is 0 Å². The molecule has 2 aromatic rings. The molecule has 0 aliphatic heterocycles. The maximum Gasteiger partial charge on any atom is 0.0818 e. The number of aromatic amines is 1. The Labute approximate surface area is 89.5 Å². The lowest BCUT2D eigenvalue weighted by Crippen LogP contribution is -1.92. The number of hydrogen-bond donors (Lipinski definition) is 1. The maximum atomic E-state index is 4.18. The minimum absolute atomic E-state index is 1.05. The van der Waals surface area contributed by atoms with Crippen LogP contribution in [0, 0.1) is 10.5 Å². The summed E-state index contributed by atoms with van der Waals surface area (Å²) in [5, 5.41) is 11.1. The molecule has 5 heteroatoms. The van der Waals surface area contributed by atoms with Crippen molar-refractivity contribution in [2.24, 2.45) is 7.05 Å². The Balaban J connectivity index is 2.59. The van der Waals surface area contributed by atoms with Crippen LogP contribution in [0.2, 0.25) is 0 Å². The zero-order chi connectivity index (χ0) is 9.42. The van der Waals surface area contributed by atoms with Crippen molar-refractivity contribution in [3.8, 4) is 11.3 Å². The van der Waals surface area contributed by atoms with E-state index in [4.69, 9.17) is 0 Å². The van der Waals surface area contributed by atoms with E-state index in [1.807, 2.05) is 31.0 Å². The van der Waals surface area contributed by atoms with E-state index in [0.29, 0.717) is 0 Å². The molecule has 0 fully saturated rings. The lowest BCUT2D eigenvalue weighted by atomic mass is 10.2. The van der Waals surface area contributed by atoms with Gasteiger partial charge in [0.05, 0.1) is 21.7 Å². The summed E-state index contributed by atoms with van der Waals surface area (Å²) in [5.74, 6) is 0. The van der Waals surface area contributed by atoms with Gasteiger partial charge in [-0.05, 0) is 29.5 Å². The average Bonchev–Trinajstić information content (AvgIpc) is 2.62. The normalized spacial score (nSPS) is 10.7. The van der Waals surface area contributed by atoms with Crippen molar-refractivity contribution >= 4 is 22.6 Å². The van der Waals surface area contributed by atoms with Crippen molar-refractivity contribution in [3.05, 3.63) is 21.7 Å². The molecular weight excluding hydrogens is 279 g/mol. The van der Waals surface area contributed by atoms with E-state index >= 15 is 0 Å². The number of nitrogens with one attached hydrogen (secondary N) is 1. The van der Waals surface area contributed by atoms with Gasteiger partial charge in [0.1, 0.15) is 0 Å². The summed E-state index contributed by atoms with van der Waals surface area (Å²) >= 11 is 2.25. The van der Waals surface area contributed by atoms with E-state index in [0.717, 1.165) is 20.5 Å². The van der Waals surface area contributed by atoms with Crippen LogP contribution in [0.5, 0.6) is 0 Å². The van der Waals surface area contributed by atoms with E-state index in [1.54, 1.807) is 0 Å². The number of halogens is 1. The second kappa shape index (κ2) is 3.13. The van der Waals surface area contributed by atoms with E-state index in [2.05, 4.69) is 37.9 Å². The summed E-state index contributed by atoms with van der Waals surface area (Å²) in [6, 6.07) is 0. The summed E-state index contributed by atoms with van der Waals surface area (Å²) in [6.45, 7) is 2.04. The van der Waals surface area contributed by atoms with Gasteiger partial charge in [0.15, 0.2) is 0 Å². The molecule has 13 heavy (non-hydrogen) atoms. The number of rotatable bonds is 1. The van der Waals surface area contributed by atoms with Crippen LogP contribution in [0.1, 0.15) is 5.69 Å². The Morgan fingerprint density at radius 2 is 2.23 bits per heavy atom. The highest BCUT2D eigenvalue weighted by molar-refractivity contribution is 14.1. The highest BCUT2D eigenvalue weighted by Gasteiger charge is 2.10. The van der Waals surface area contributed by atoms with Gasteiger partial charge in [0, 0.05) is 18.3 Å². The Morgan fingerprint density at radius 3 is 2.69 bits per heavy atom. The molecule has 2 aromatic heterocycles. The lowest BCUT2D eigenvalue weighted by molar-refractivity contribution is 0.740. The van der Waals surface area contributed by atoms with Gasteiger partial charge in [-0.25, -0.2) is 0 Å². The van der Waals surface area contributed by atoms with Gasteiger partial charge < -0.3 is 0 Å². The van der Waals surface area contributed by atoms with Crippen molar-refractivity contribution in [1.29, 1.82) is 0 Å². The maximum absolute atomic E-state index is 4.18. The zero-order valence-corrected chi connectivity index (χ0v) is 9.53. The molecule has 0 amide bonds. The molecule has 0 radical (unpaired) electrons. The fourth-order valence-electron chi connectivity index (χ4n) is 1.20. The fourth-order valence-corrected chi connectivity index (χ4v) is 1.75. The highest BCUT2D eigenvalue weighted by Crippen LogP contribution is 2.24. The van der Waals surface area contributed by atoms with Crippen LogP contribution in [0.3, 0.4) is 0 Å². The minimum Gasteiger partial charge on any atom is -0.277 e. The number of H-pyrrole nitrogens is 1. The number of aromatic nitrogens is 4. The molecule has 0 aliphatic carbocycles. The Bertz CT molecular complexity index is 429. The van der Waals surface area contributed by atoms with Crippen LogP contribution in [0.15, 0.2) is 12.4 Å². The number of hydrogen-bond acceptors (Lipinski definition) is 2. The fraction of sp³-hybridized carbons (Fsp3) is 0.250. The van der Waals surface area contributed by atoms with Crippen LogP contribution in [0.4, 0.5) is 0 Å². The zero-order valence-electron chi connectivity index (χ0n) is 7.37. The van der Waals surface area contributed by atoms with Crippen molar-refractivity contribution < 1.29 is 0 Å². The summed E-state index contributed by atoms with van der Waals surface area (Å²) < 4.78 is 2.97. The summed E-state index contributed by atoms with van der Waals surface area (Å²) in [5.41, 5.74) is 3.30. The Hall–Kier alpha value is -0.850. The van der Waals surface area contributed by atoms with Crippen LogP contribution >= 0.6 is 22.6 Å². The molecule has 4 nitrogen and oxygen atoms in total. The molecule has 2 heterocycles. The third-order valence-electron chi connectivity index (χ3n) is 2.10. The molecule has 0 spiro atoms. The molecule has 0 unspecified atom stereocenters. The standard InChI is InChI=1S/C8H9IN4/c1-5-6(3-11-13(5)2)8-7(9)4-10-12-8/h3-4H,1-2H3,(H,10,12). The second-order valence-corrected chi connectivity index (χ2v) is 4.02. The van der Waals surface area contributed by atoms with E-state index in [-0.39, 0.29) is 0 Å². The molecule has 1 N–H and O–H groups in total. The summed E-state index contributed by atoms with van der Waals surface area (Å²) in [4.78, 5) is 0. The van der Waals surface area contributed by atoms with Gasteiger partial charge >= 0.3 is 0 Å². The average molecular weight is 288 g/mol. The largest absolute Gasteiger partial charge is 0.277 e. The molecule has 0 saturated heterocycles. The quantitative estimate of drug-likeness (QED) is 0.812. The molecule has 0 saturated carbocycles. The summed E-state index contributed by atoms with van der Waals surface area (Å²) in [6.07, 6.45) is 3.66. The topological polar surface area (TPSA) is 46.5 Å². The van der Waals surface area contributed by atoms with Crippen LogP contribution < -0.4 is 0 Å². The molecule has 0 aliphatic rings. The first-order valence-corrected chi connectivity index (χ1v) is 4.96. The van der Waals surface area contributed by atoms with E-state index < -0.39 is 0 Å². The predicted octanol–water partition coefficient (Wildman–Crippen LogP) is 1.72. The van der Waals surface area contributed by atoms with Crippen molar-refractivity contribution in [2.75, 3.05) is 0 Å². The Kier molecular flexibility index (Phi) is 2.10. The number of nitrogens with zero attached hydrogens (tertiary/aromatic N) is 3. The first-order chi connectivity index (χ1) is 6.20. The monoisotopic (exact) mass is 288 g/mol. The molecule has 2 rings (SSSR count). The Morgan fingerprint density at radius 1 is 1.46 bits per heavy atom. The highest BCUT2D eigenvalue weighted by atomic mass is 127. The minimum atomic E-state index is 1.05. The third kappa shape index (κ3) is 1.37. The molecule has 68 valence electrons. The van der Waals surface area contributed by atoms with Crippen LogP contribution in [-0.2, 0) is 7.05 Å². The van der Waals surface area contributed by atoms with Gasteiger partial charge in [-0.1, -0.05) is 0 Å². The first kappa shape index (κ1) is 8.74. The SMILES string of the molecule is Cc1c(-c2[nH]ncc2I)cnn1C. The van der Waals surface area contributed by atoms with E-state index in [1.165, 1.54) is 0 Å². The van der Waals surface area contributed by atoms with Crippen LogP contribution in [0.25, 0.3) is 11.3 Å².